The average Bonchev–Trinajstić information content (AvgIpc) is 2.72. The molecule has 0 heteroatoms. The molecular weight excluding hydrogens is 168 g/mol. The molecular formula is C14H14. The second-order valence-corrected chi connectivity index (χ2v) is 5.86. The van der Waals surface area contributed by atoms with E-state index in [-0.39, 0.29) is 0 Å². The lowest BCUT2D eigenvalue weighted by atomic mass is 9.60. The molecule has 0 nitrogen and oxygen atoms in total. The fourth-order valence-corrected chi connectivity index (χ4v) is 5.61. The highest BCUT2D eigenvalue weighted by Crippen LogP contribution is 2.88. The van der Waals surface area contributed by atoms with Crippen LogP contribution in [0.1, 0.15) is 12.8 Å². The van der Waals surface area contributed by atoms with Gasteiger partial charge in [0.1, 0.15) is 0 Å². The normalized spacial score (nSPS) is 68.6. The Morgan fingerprint density at radius 3 is 2.71 bits per heavy atom. The van der Waals surface area contributed by atoms with Gasteiger partial charge in [0.05, 0.1) is 0 Å². The SMILES string of the molecule is C1=CCC23C4C=CC5C(C=CC52C1)C43. The fourth-order valence-electron chi connectivity index (χ4n) is 5.61. The van der Waals surface area contributed by atoms with Crippen molar-refractivity contribution in [3.63, 3.8) is 0 Å². The smallest absolute Gasteiger partial charge is 0.00529 e. The molecule has 14 heavy (non-hydrogen) atoms. The molecule has 6 aliphatic carbocycles. The van der Waals surface area contributed by atoms with Crippen molar-refractivity contribution >= 4 is 0 Å². The minimum Gasteiger partial charge on any atom is -0.0879 e. The minimum atomic E-state index is 0.580. The molecule has 2 saturated carbocycles. The molecule has 0 saturated heterocycles. The van der Waals surface area contributed by atoms with Crippen molar-refractivity contribution in [2.75, 3.05) is 0 Å². The summed E-state index contributed by atoms with van der Waals surface area (Å²) < 4.78 is 0. The number of hydrogen-bond acceptors (Lipinski definition) is 0. The van der Waals surface area contributed by atoms with Crippen LogP contribution in [0.3, 0.4) is 0 Å². The topological polar surface area (TPSA) is 0 Å². The lowest BCUT2D eigenvalue weighted by Crippen LogP contribution is -2.37. The Bertz CT molecular complexity index is 427. The van der Waals surface area contributed by atoms with Gasteiger partial charge in [0, 0.05) is 5.41 Å². The molecule has 2 spiro atoms. The summed E-state index contributed by atoms with van der Waals surface area (Å²) in [5.74, 6) is 3.78. The second-order valence-electron chi connectivity index (χ2n) is 5.86. The van der Waals surface area contributed by atoms with Crippen molar-refractivity contribution in [2.45, 2.75) is 12.8 Å². The maximum absolute atomic E-state index is 2.59. The van der Waals surface area contributed by atoms with Crippen LogP contribution in [0.5, 0.6) is 0 Å². The highest BCUT2D eigenvalue weighted by molar-refractivity contribution is 5.49. The number of hydrogen-bond donors (Lipinski definition) is 0. The molecule has 6 rings (SSSR count). The van der Waals surface area contributed by atoms with Crippen molar-refractivity contribution in [3.05, 3.63) is 36.5 Å². The van der Waals surface area contributed by atoms with Crippen LogP contribution in [-0.4, -0.2) is 0 Å². The molecule has 0 aromatic rings. The summed E-state index contributed by atoms with van der Waals surface area (Å²) in [5.41, 5.74) is 1.29. The minimum absolute atomic E-state index is 0.580. The molecule has 6 bridgehead atoms. The van der Waals surface area contributed by atoms with Crippen LogP contribution < -0.4 is 0 Å². The van der Waals surface area contributed by atoms with Crippen LogP contribution in [-0.2, 0) is 0 Å². The van der Waals surface area contributed by atoms with E-state index in [0.29, 0.717) is 10.8 Å². The molecule has 6 atom stereocenters. The molecule has 0 aliphatic heterocycles. The average molecular weight is 182 g/mol. The van der Waals surface area contributed by atoms with E-state index >= 15 is 0 Å². The zero-order valence-electron chi connectivity index (χ0n) is 8.19. The van der Waals surface area contributed by atoms with Gasteiger partial charge in [-0.25, -0.2) is 0 Å². The highest BCUT2D eigenvalue weighted by atomic mass is 14.9. The van der Waals surface area contributed by atoms with Crippen LogP contribution in [0.4, 0.5) is 0 Å². The predicted octanol–water partition coefficient (Wildman–Crippen LogP) is 2.94. The van der Waals surface area contributed by atoms with Crippen molar-refractivity contribution in [1.29, 1.82) is 0 Å². The molecule has 0 heterocycles. The Labute approximate surface area is 84.4 Å². The number of allylic oxidation sites excluding steroid dienone is 6. The maximum Gasteiger partial charge on any atom is 0.00529 e. The van der Waals surface area contributed by atoms with Crippen molar-refractivity contribution < 1.29 is 0 Å². The van der Waals surface area contributed by atoms with E-state index < -0.39 is 0 Å². The van der Waals surface area contributed by atoms with Crippen LogP contribution >= 0.6 is 0 Å². The molecule has 0 radical (unpaired) electrons. The van der Waals surface area contributed by atoms with E-state index in [1.54, 1.807) is 0 Å². The van der Waals surface area contributed by atoms with Gasteiger partial charge in [-0.3, -0.25) is 0 Å². The lowest BCUT2D eigenvalue weighted by molar-refractivity contribution is 0.151. The van der Waals surface area contributed by atoms with E-state index in [4.69, 9.17) is 0 Å². The van der Waals surface area contributed by atoms with Crippen LogP contribution in [0.15, 0.2) is 36.5 Å². The van der Waals surface area contributed by atoms with Crippen LogP contribution in [0.2, 0.25) is 0 Å². The summed E-state index contributed by atoms with van der Waals surface area (Å²) in [7, 11) is 0. The van der Waals surface area contributed by atoms with Crippen molar-refractivity contribution in [3.8, 4) is 0 Å². The number of rotatable bonds is 0. The summed E-state index contributed by atoms with van der Waals surface area (Å²) >= 11 is 0. The Kier molecular flexibility index (Phi) is 0.751. The first-order chi connectivity index (χ1) is 6.90. The Hall–Kier alpha value is -0.780. The van der Waals surface area contributed by atoms with Gasteiger partial charge < -0.3 is 0 Å². The summed E-state index contributed by atoms with van der Waals surface area (Å²) in [6, 6.07) is 0. The van der Waals surface area contributed by atoms with Gasteiger partial charge in [-0.2, -0.15) is 0 Å². The summed E-state index contributed by atoms with van der Waals surface area (Å²) in [6.45, 7) is 0. The van der Waals surface area contributed by atoms with Gasteiger partial charge in [0.25, 0.3) is 0 Å². The standard InChI is InChI=1S/C14H14/c1-2-7-14-11-4-3-10-9(12(11)14)5-8-13(10,14)6-1/h1-5,8-12H,6-7H2. The Morgan fingerprint density at radius 1 is 0.929 bits per heavy atom. The maximum atomic E-state index is 2.59. The van der Waals surface area contributed by atoms with E-state index in [2.05, 4.69) is 36.5 Å². The summed E-state index contributed by atoms with van der Waals surface area (Å²) in [6.07, 6.45) is 17.8. The van der Waals surface area contributed by atoms with Crippen molar-refractivity contribution in [2.24, 2.45) is 34.5 Å². The summed E-state index contributed by atoms with van der Waals surface area (Å²) in [4.78, 5) is 0. The fraction of sp³-hybridized carbons (Fsp3) is 0.571. The van der Waals surface area contributed by atoms with Crippen molar-refractivity contribution in [1.82, 2.24) is 0 Å². The molecule has 6 aliphatic rings. The van der Waals surface area contributed by atoms with Gasteiger partial charge in [0.2, 0.25) is 0 Å². The van der Waals surface area contributed by atoms with Crippen LogP contribution in [0.25, 0.3) is 0 Å². The van der Waals surface area contributed by atoms with E-state index in [0.717, 1.165) is 23.7 Å². The third kappa shape index (κ3) is 0.371. The predicted molar refractivity (Wildman–Crippen MR) is 55.5 cm³/mol. The Balaban J connectivity index is 1.89. The second kappa shape index (κ2) is 1.58. The van der Waals surface area contributed by atoms with E-state index in [1.165, 1.54) is 12.8 Å². The van der Waals surface area contributed by atoms with Gasteiger partial charge >= 0.3 is 0 Å². The zero-order chi connectivity index (χ0) is 8.97. The van der Waals surface area contributed by atoms with Gasteiger partial charge in [-0.05, 0) is 41.9 Å². The van der Waals surface area contributed by atoms with E-state index in [1.807, 2.05) is 0 Å². The summed E-state index contributed by atoms with van der Waals surface area (Å²) in [5, 5.41) is 0. The van der Waals surface area contributed by atoms with Gasteiger partial charge in [0.15, 0.2) is 0 Å². The first-order valence-electron chi connectivity index (χ1n) is 5.93. The first-order valence-corrected chi connectivity index (χ1v) is 5.93. The zero-order valence-corrected chi connectivity index (χ0v) is 8.19. The third-order valence-electron chi connectivity index (χ3n) is 5.98. The largest absolute Gasteiger partial charge is 0.0879 e. The monoisotopic (exact) mass is 182 g/mol. The molecule has 0 aromatic heterocycles. The first kappa shape index (κ1) is 6.66. The lowest BCUT2D eigenvalue weighted by Gasteiger charge is -2.43. The molecule has 0 aromatic carbocycles. The highest BCUT2D eigenvalue weighted by Gasteiger charge is 2.83. The molecule has 2 fully saturated rings. The Morgan fingerprint density at radius 2 is 1.79 bits per heavy atom. The molecule has 0 N–H and O–H groups in total. The molecule has 70 valence electrons. The van der Waals surface area contributed by atoms with Crippen LogP contribution in [0, 0.1) is 34.5 Å². The molecule has 6 unspecified atom stereocenters. The third-order valence-corrected chi connectivity index (χ3v) is 5.98. The quantitative estimate of drug-likeness (QED) is 0.505. The van der Waals surface area contributed by atoms with Gasteiger partial charge in [-0.1, -0.05) is 36.5 Å². The molecule has 0 amide bonds. The van der Waals surface area contributed by atoms with Gasteiger partial charge in [-0.15, -0.1) is 0 Å². The van der Waals surface area contributed by atoms with E-state index in [9.17, 15) is 0 Å².